The normalized spacial score (nSPS) is 18.2. The van der Waals surface area contributed by atoms with Gasteiger partial charge in [-0.25, -0.2) is 19.6 Å². The molecule has 0 saturated heterocycles. The van der Waals surface area contributed by atoms with E-state index >= 15 is 0 Å². The van der Waals surface area contributed by atoms with Crippen molar-refractivity contribution in [3.63, 3.8) is 0 Å². The van der Waals surface area contributed by atoms with Gasteiger partial charge < -0.3 is 0 Å². The molecule has 88 valence electrons. The minimum Gasteiger partial charge on any atom is -0.211 e. The highest BCUT2D eigenvalue weighted by Crippen LogP contribution is 2.42. The molecule has 4 nitrogen and oxygen atoms in total. The van der Waals surface area contributed by atoms with Crippen LogP contribution in [0.25, 0.3) is 0 Å². The second-order valence-electron chi connectivity index (χ2n) is 4.51. The van der Waals surface area contributed by atoms with E-state index in [1.807, 2.05) is 0 Å². The van der Waals surface area contributed by atoms with Crippen LogP contribution in [0.3, 0.4) is 0 Å². The maximum Gasteiger partial charge on any atom is 0.234 e. The van der Waals surface area contributed by atoms with Crippen molar-refractivity contribution in [3.05, 3.63) is 0 Å². The Morgan fingerprint density at radius 3 is 1.81 bits per heavy atom. The molecule has 1 rings (SSSR count). The second-order valence-corrected chi connectivity index (χ2v) is 4.51. The van der Waals surface area contributed by atoms with Gasteiger partial charge in [-0.3, -0.25) is 0 Å². The average Bonchev–Trinajstić information content (AvgIpc) is 2.31. The van der Waals surface area contributed by atoms with Crippen LogP contribution in [-0.4, -0.2) is 25.2 Å². The predicted octanol–water partition coefficient (Wildman–Crippen LogP) is 2.39. The number of aliphatic imine (C=N–C) groups is 2. The Balaban J connectivity index is 2.51. The summed E-state index contributed by atoms with van der Waals surface area (Å²) in [6.45, 7) is 1.10. The van der Waals surface area contributed by atoms with Gasteiger partial charge in [-0.1, -0.05) is 19.3 Å². The number of rotatable bonds is 6. The largest absolute Gasteiger partial charge is 0.234 e. The van der Waals surface area contributed by atoms with Crippen molar-refractivity contribution in [2.45, 2.75) is 44.9 Å². The molecule has 0 aromatic carbocycles. The summed E-state index contributed by atoms with van der Waals surface area (Å²) in [6, 6.07) is 0. The number of hydrogen-bond acceptors (Lipinski definition) is 4. The van der Waals surface area contributed by atoms with Gasteiger partial charge in [0.2, 0.25) is 12.2 Å². The summed E-state index contributed by atoms with van der Waals surface area (Å²) in [5.74, 6) is 0. The first-order chi connectivity index (χ1) is 7.83. The smallest absolute Gasteiger partial charge is 0.211 e. The van der Waals surface area contributed by atoms with Crippen LogP contribution in [-0.2, 0) is 9.59 Å². The molecule has 0 amide bonds. The minimum atomic E-state index is 0.235. The Hall–Kier alpha value is -1.24. The maximum absolute atomic E-state index is 10.0. The monoisotopic (exact) mass is 222 g/mol. The van der Waals surface area contributed by atoms with E-state index in [-0.39, 0.29) is 5.41 Å². The highest BCUT2D eigenvalue weighted by atomic mass is 16.1. The van der Waals surface area contributed by atoms with Gasteiger partial charge in [-0.15, -0.1) is 0 Å². The predicted molar refractivity (Wildman–Crippen MR) is 60.7 cm³/mol. The number of hydrogen-bond donors (Lipinski definition) is 0. The fourth-order valence-electron chi connectivity index (χ4n) is 2.60. The molecule has 0 aromatic rings. The van der Waals surface area contributed by atoms with Crippen LogP contribution in [0.5, 0.6) is 0 Å². The van der Waals surface area contributed by atoms with Crippen LogP contribution in [0.15, 0.2) is 9.98 Å². The lowest BCUT2D eigenvalue weighted by Gasteiger charge is -2.36. The van der Waals surface area contributed by atoms with Crippen molar-refractivity contribution < 1.29 is 9.59 Å². The SMILES string of the molecule is O=C=NCCC1(CCN=C=O)CCCCC1. The van der Waals surface area contributed by atoms with Gasteiger partial charge >= 0.3 is 0 Å². The molecule has 0 atom stereocenters. The van der Waals surface area contributed by atoms with Crippen LogP contribution in [0.4, 0.5) is 0 Å². The Morgan fingerprint density at radius 1 is 0.875 bits per heavy atom. The van der Waals surface area contributed by atoms with Crippen molar-refractivity contribution in [2.75, 3.05) is 13.1 Å². The van der Waals surface area contributed by atoms with Gasteiger partial charge in [-0.05, 0) is 31.1 Å². The maximum atomic E-state index is 10.0. The van der Waals surface area contributed by atoms with Crippen molar-refractivity contribution in [1.82, 2.24) is 0 Å². The molecule has 0 aromatic heterocycles. The Morgan fingerprint density at radius 2 is 1.38 bits per heavy atom. The molecule has 0 radical (unpaired) electrons. The van der Waals surface area contributed by atoms with E-state index in [0.717, 1.165) is 25.7 Å². The summed E-state index contributed by atoms with van der Waals surface area (Å²) in [7, 11) is 0. The Bertz CT molecular complexity index is 272. The minimum absolute atomic E-state index is 0.235. The van der Waals surface area contributed by atoms with Gasteiger partial charge in [0.25, 0.3) is 0 Å². The fraction of sp³-hybridized carbons (Fsp3) is 0.833. The van der Waals surface area contributed by atoms with Crippen LogP contribution < -0.4 is 0 Å². The first-order valence-electron chi connectivity index (χ1n) is 5.90. The molecule has 1 fully saturated rings. The van der Waals surface area contributed by atoms with Gasteiger partial charge in [-0.2, -0.15) is 0 Å². The molecule has 1 aliphatic carbocycles. The fourth-order valence-corrected chi connectivity index (χ4v) is 2.60. The van der Waals surface area contributed by atoms with E-state index in [0.29, 0.717) is 13.1 Å². The zero-order valence-corrected chi connectivity index (χ0v) is 9.57. The van der Waals surface area contributed by atoms with Crippen LogP contribution in [0.2, 0.25) is 0 Å². The molecule has 0 spiro atoms. The lowest BCUT2D eigenvalue weighted by Crippen LogP contribution is -2.26. The Kier molecular flexibility index (Phi) is 5.69. The lowest BCUT2D eigenvalue weighted by molar-refractivity contribution is 0.164. The summed E-state index contributed by atoms with van der Waals surface area (Å²) in [6.07, 6.45) is 11.1. The van der Waals surface area contributed by atoms with Gasteiger partial charge in [0, 0.05) is 0 Å². The first-order valence-corrected chi connectivity index (χ1v) is 5.90. The summed E-state index contributed by atoms with van der Waals surface area (Å²) in [4.78, 5) is 27.4. The van der Waals surface area contributed by atoms with Crippen molar-refractivity contribution >= 4 is 12.2 Å². The number of carbonyl (C=O) groups excluding carboxylic acids is 2. The van der Waals surface area contributed by atoms with E-state index < -0.39 is 0 Å². The summed E-state index contributed by atoms with van der Waals surface area (Å²) in [5, 5.41) is 0. The molecule has 1 aliphatic rings. The third-order valence-corrected chi connectivity index (χ3v) is 3.55. The molecule has 0 bridgehead atoms. The van der Waals surface area contributed by atoms with Crippen molar-refractivity contribution in [2.24, 2.45) is 15.4 Å². The van der Waals surface area contributed by atoms with E-state index in [9.17, 15) is 9.59 Å². The molecular weight excluding hydrogens is 204 g/mol. The van der Waals surface area contributed by atoms with E-state index in [1.165, 1.54) is 19.3 Å². The van der Waals surface area contributed by atoms with E-state index in [2.05, 4.69) is 9.98 Å². The standard InChI is InChI=1S/C12H18N2O2/c15-10-13-8-6-12(7-9-14-11-16)4-2-1-3-5-12/h1-9H2. The highest BCUT2D eigenvalue weighted by molar-refractivity contribution is 5.33. The molecule has 0 N–H and O–H groups in total. The van der Waals surface area contributed by atoms with E-state index in [4.69, 9.17) is 0 Å². The molecular formula is C12H18N2O2. The summed E-state index contributed by atoms with van der Waals surface area (Å²) < 4.78 is 0. The van der Waals surface area contributed by atoms with Gasteiger partial charge in [0.15, 0.2) is 0 Å². The van der Waals surface area contributed by atoms with Crippen molar-refractivity contribution in [1.29, 1.82) is 0 Å². The quantitative estimate of drug-likeness (QED) is 0.511. The molecule has 0 aliphatic heterocycles. The topological polar surface area (TPSA) is 58.9 Å². The second kappa shape index (κ2) is 7.10. The molecule has 0 unspecified atom stereocenters. The first kappa shape index (κ1) is 12.8. The van der Waals surface area contributed by atoms with E-state index in [1.54, 1.807) is 12.2 Å². The molecule has 16 heavy (non-hydrogen) atoms. The van der Waals surface area contributed by atoms with Gasteiger partial charge in [0.1, 0.15) is 0 Å². The Labute approximate surface area is 95.9 Å². The van der Waals surface area contributed by atoms with Crippen LogP contribution >= 0.6 is 0 Å². The summed E-state index contributed by atoms with van der Waals surface area (Å²) >= 11 is 0. The molecule has 1 saturated carbocycles. The van der Waals surface area contributed by atoms with Crippen LogP contribution in [0, 0.1) is 5.41 Å². The molecule has 0 heterocycles. The average molecular weight is 222 g/mol. The lowest BCUT2D eigenvalue weighted by atomic mass is 9.70. The van der Waals surface area contributed by atoms with Gasteiger partial charge in [0.05, 0.1) is 13.1 Å². The zero-order chi connectivity index (χ0) is 11.7. The third kappa shape index (κ3) is 4.09. The highest BCUT2D eigenvalue weighted by Gasteiger charge is 2.30. The zero-order valence-electron chi connectivity index (χ0n) is 9.57. The third-order valence-electron chi connectivity index (χ3n) is 3.55. The van der Waals surface area contributed by atoms with Crippen molar-refractivity contribution in [3.8, 4) is 0 Å². The molecule has 4 heteroatoms. The number of isocyanates is 2. The summed E-state index contributed by atoms with van der Waals surface area (Å²) in [5.41, 5.74) is 0.235. The number of nitrogens with zero attached hydrogens (tertiary/aromatic N) is 2. The van der Waals surface area contributed by atoms with Crippen LogP contribution in [0.1, 0.15) is 44.9 Å².